The van der Waals surface area contributed by atoms with Crippen molar-refractivity contribution in [3.63, 3.8) is 0 Å². The van der Waals surface area contributed by atoms with Crippen LogP contribution >= 0.6 is 0 Å². The molecule has 0 atom stereocenters. The van der Waals surface area contributed by atoms with Crippen molar-refractivity contribution in [1.82, 2.24) is 4.90 Å². The summed E-state index contributed by atoms with van der Waals surface area (Å²) < 4.78 is 4.74. The molecule has 0 aliphatic rings. The number of hydrogen-bond donors (Lipinski definition) is 0. The Balaban J connectivity index is 3.79. The number of ether oxygens (including phenoxy) is 1. The molecule has 0 aromatic heterocycles. The molecule has 0 saturated heterocycles. The summed E-state index contributed by atoms with van der Waals surface area (Å²) in [4.78, 5) is 13.0. The lowest BCUT2D eigenvalue weighted by atomic mass is 10.3. The minimum Gasteiger partial charge on any atom is -0.463 e. The highest BCUT2D eigenvalue weighted by Crippen LogP contribution is 1.91. The predicted octanol–water partition coefficient (Wildman–Crippen LogP) is 1.34. The van der Waals surface area contributed by atoms with E-state index in [0.29, 0.717) is 19.6 Å². The first-order valence-corrected chi connectivity index (χ1v) is 5.17. The second-order valence-electron chi connectivity index (χ2n) is 2.96. The lowest BCUT2D eigenvalue weighted by molar-refractivity contribution is -0.137. The van der Waals surface area contributed by atoms with Gasteiger partial charge in [0.2, 0.25) is 0 Å². The average molecular weight is 210 g/mol. The van der Waals surface area contributed by atoms with Crippen LogP contribution in [0.5, 0.6) is 0 Å². The molecule has 0 unspecified atom stereocenters. The molecule has 0 amide bonds. The Morgan fingerprint density at radius 1 is 1.53 bits per heavy atom. The molecule has 0 fully saturated rings. The Bertz CT molecular complexity index is 243. The van der Waals surface area contributed by atoms with Gasteiger partial charge in [-0.2, -0.15) is 5.26 Å². The number of hydrogen-bond acceptors (Lipinski definition) is 4. The third kappa shape index (κ3) is 7.71. The normalized spacial score (nSPS) is 10.5. The first-order valence-electron chi connectivity index (χ1n) is 5.17. The molecule has 4 nitrogen and oxygen atoms in total. The first kappa shape index (κ1) is 13.7. The maximum absolute atomic E-state index is 10.9. The lowest BCUT2D eigenvalue weighted by Crippen LogP contribution is -2.24. The predicted molar refractivity (Wildman–Crippen MR) is 58.1 cm³/mol. The van der Waals surface area contributed by atoms with E-state index >= 15 is 0 Å². The zero-order chi connectivity index (χ0) is 11.5. The Kier molecular flexibility index (Phi) is 8.40. The average Bonchev–Trinajstić information content (AvgIpc) is 2.23. The summed E-state index contributed by atoms with van der Waals surface area (Å²) in [5, 5.41) is 8.43. The molecule has 0 bridgehead atoms. The molecular weight excluding hydrogens is 192 g/mol. The molecule has 0 aromatic carbocycles. The van der Waals surface area contributed by atoms with E-state index in [4.69, 9.17) is 10.00 Å². The minimum absolute atomic E-state index is 0.311. The molecule has 0 N–H and O–H groups in total. The standard InChI is InChI=1S/C11H18N2O2/c1-3-13(10-6-8-12)9-5-7-11(14)15-4-2/h5,7H,3-4,6,9-10H2,1-2H3/b7-5+. The van der Waals surface area contributed by atoms with Crippen LogP contribution in [0, 0.1) is 11.3 Å². The van der Waals surface area contributed by atoms with Gasteiger partial charge in [-0.15, -0.1) is 0 Å². The third-order valence-corrected chi connectivity index (χ3v) is 1.89. The monoisotopic (exact) mass is 210 g/mol. The van der Waals surface area contributed by atoms with Crippen molar-refractivity contribution in [2.45, 2.75) is 20.3 Å². The van der Waals surface area contributed by atoms with E-state index in [1.165, 1.54) is 6.08 Å². The SMILES string of the molecule is CCOC(=O)/C=C/CN(CC)CCC#N. The van der Waals surface area contributed by atoms with E-state index in [1.54, 1.807) is 13.0 Å². The summed E-state index contributed by atoms with van der Waals surface area (Å²) in [7, 11) is 0. The second-order valence-corrected chi connectivity index (χ2v) is 2.96. The van der Waals surface area contributed by atoms with Gasteiger partial charge in [-0.05, 0) is 13.5 Å². The van der Waals surface area contributed by atoms with Crippen LogP contribution in [0.4, 0.5) is 0 Å². The highest BCUT2D eigenvalue weighted by atomic mass is 16.5. The molecule has 0 radical (unpaired) electrons. The zero-order valence-corrected chi connectivity index (χ0v) is 9.40. The number of esters is 1. The molecule has 4 heteroatoms. The fourth-order valence-corrected chi connectivity index (χ4v) is 1.07. The molecule has 0 aliphatic heterocycles. The van der Waals surface area contributed by atoms with Gasteiger partial charge in [0.25, 0.3) is 0 Å². The Labute approximate surface area is 91.1 Å². The summed E-state index contributed by atoms with van der Waals surface area (Å²) in [6, 6.07) is 2.09. The van der Waals surface area contributed by atoms with Gasteiger partial charge in [0.15, 0.2) is 0 Å². The van der Waals surface area contributed by atoms with Gasteiger partial charge in [-0.3, -0.25) is 4.90 Å². The van der Waals surface area contributed by atoms with E-state index in [-0.39, 0.29) is 5.97 Å². The summed E-state index contributed by atoms with van der Waals surface area (Å²) in [6.45, 7) is 6.48. The summed E-state index contributed by atoms with van der Waals surface area (Å²) in [5.74, 6) is -0.311. The van der Waals surface area contributed by atoms with E-state index in [0.717, 1.165) is 13.1 Å². The van der Waals surface area contributed by atoms with E-state index in [9.17, 15) is 4.79 Å². The van der Waals surface area contributed by atoms with Crippen LogP contribution in [0.15, 0.2) is 12.2 Å². The Morgan fingerprint density at radius 2 is 2.27 bits per heavy atom. The Morgan fingerprint density at radius 3 is 2.80 bits per heavy atom. The van der Waals surface area contributed by atoms with Crippen molar-refractivity contribution in [2.24, 2.45) is 0 Å². The van der Waals surface area contributed by atoms with Crippen LogP contribution in [0.1, 0.15) is 20.3 Å². The summed E-state index contributed by atoms with van der Waals surface area (Å²) >= 11 is 0. The van der Waals surface area contributed by atoms with Crippen LogP contribution in [0.2, 0.25) is 0 Å². The van der Waals surface area contributed by atoms with Gasteiger partial charge >= 0.3 is 5.97 Å². The van der Waals surface area contributed by atoms with Crippen LogP contribution in [0.25, 0.3) is 0 Å². The van der Waals surface area contributed by atoms with Gasteiger partial charge in [-0.25, -0.2) is 4.79 Å². The van der Waals surface area contributed by atoms with E-state index in [1.807, 2.05) is 6.92 Å². The molecular formula is C11H18N2O2. The number of carbonyl (C=O) groups excluding carboxylic acids is 1. The van der Waals surface area contributed by atoms with Crippen LogP contribution in [-0.2, 0) is 9.53 Å². The number of nitrogens with zero attached hydrogens (tertiary/aromatic N) is 2. The van der Waals surface area contributed by atoms with Gasteiger partial charge < -0.3 is 4.74 Å². The van der Waals surface area contributed by atoms with Gasteiger partial charge in [-0.1, -0.05) is 13.0 Å². The summed E-state index contributed by atoms with van der Waals surface area (Å²) in [6.07, 6.45) is 3.71. The molecule has 0 aromatic rings. The van der Waals surface area contributed by atoms with Crippen molar-refractivity contribution in [1.29, 1.82) is 5.26 Å². The van der Waals surface area contributed by atoms with Crippen molar-refractivity contribution in [2.75, 3.05) is 26.2 Å². The molecule has 0 aliphatic carbocycles. The van der Waals surface area contributed by atoms with Crippen LogP contribution < -0.4 is 0 Å². The molecule has 0 spiro atoms. The minimum atomic E-state index is -0.311. The number of likely N-dealkylation sites (N-methyl/N-ethyl adjacent to an activating group) is 1. The summed E-state index contributed by atoms with van der Waals surface area (Å²) in [5.41, 5.74) is 0. The van der Waals surface area contributed by atoms with Gasteiger partial charge in [0.05, 0.1) is 12.7 Å². The first-order chi connectivity index (χ1) is 7.24. The second kappa shape index (κ2) is 9.22. The van der Waals surface area contributed by atoms with Crippen LogP contribution in [-0.4, -0.2) is 37.1 Å². The molecule has 0 saturated carbocycles. The number of nitriles is 1. The topological polar surface area (TPSA) is 53.3 Å². The van der Waals surface area contributed by atoms with Crippen LogP contribution in [0.3, 0.4) is 0 Å². The molecule has 0 rings (SSSR count). The van der Waals surface area contributed by atoms with Gasteiger partial charge in [0.1, 0.15) is 0 Å². The van der Waals surface area contributed by atoms with E-state index < -0.39 is 0 Å². The highest BCUT2D eigenvalue weighted by Gasteiger charge is 1.99. The maximum Gasteiger partial charge on any atom is 0.330 e. The fraction of sp³-hybridized carbons (Fsp3) is 0.636. The lowest BCUT2D eigenvalue weighted by Gasteiger charge is -2.15. The number of carbonyl (C=O) groups is 1. The number of rotatable bonds is 7. The Hall–Kier alpha value is -1.34. The van der Waals surface area contributed by atoms with Crippen molar-refractivity contribution >= 4 is 5.97 Å². The zero-order valence-electron chi connectivity index (χ0n) is 9.40. The third-order valence-electron chi connectivity index (χ3n) is 1.89. The van der Waals surface area contributed by atoms with Crippen molar-refractivity contribution in [3.8, 4) is 6.07 Å². The van der Waals surface area contributed by atoms with E-state index in [2.05, 4.69) is 11.0 Å². The molecule has 84 valence electrons. The smallest absolute Gasteiger partial charge is 0.330 e. The van der Waals surface area contributed by atoms with Crippen molar-refractivity contribution in [3.05, 3.63) is 12.2 Å². The quantitative estimate of drug-likeness (QED) is 0.470. The highest BCUT2D eigenvalue weighted by molar-refractivity contribution is 5.81. The fourth-order valence-electron chi connectivity index (χ4n) is 1.07. The molecule has 0 heterocycles. The maximum atomic E-state index is 10.9. The molecule has 15 heavy (non-hydrogen) atoms. The largest absolute Gasteiger partial charge is 0.463 e. The van der Waals surface area contributed by atoms with Crippen molar-refractivity contribution < 1.29 is 9.53 Å². The van der Waals surface area contributed by atoms with Gasteiger partial charge in [0, 0.05) is 25.6 Å².